The number of hydrogen-bond acceptors (Lipinski definition) is 4. The van der Waals surface area contributed by atoms with E-state index >= 15 is 0 Å². The molecule has 2 heterocycles. The molecular formula is C14H23ClN2O2. The van der Waals surface area contributed by atoms with Crippen molar-refractivity contribution in [2.75, 3.05) is 26.2 Å². The van der Waals surface area contributed by atoms with E-state index < -0.39 is 0 Å². The highest BCUT2D eigenvalue weighted by atomic mass is 35.5. The van der Waals surface area contributed by atoms with Gasteiger partial charge in [0.05, 0.1) is 12.6 Å². The Hall–Kier alpha value is -0.550. The van der Waals surface area contributed by atoms with E-state index in [2.05, 4.69) is 10.2 Å². The van der Waals surface area contributed by atoms with Crippen molar-refractivity contribution in [1.29, 1.82) is 0 Å². The predicted molar refractivity (Wildman–Crippen MR) is 76.3 cm³/mol. The van der Waals surface area contributed by atoms with Crippen LogP contribution in [0.1, 0.15) is 25.5 Å². The second kappa shape index (κ2) is 7.29. The van der Waals surface area contributed by atoms with E-state index in [0.29, 0.717) is 5.22 Å². The van der Waals surface area contributed by atoms with E-state index in [4.69, 9.17) is 16.0 Å². The van der Waals surface area contributed by atoms with E-state index in [1.54, 1.807) is 6.07 Å². The standard InChI is InChI=1S/C14H23ClN2O2/c1-11(18)10-17-6-4-12(5-7-17)8-16-9-13-2-3-14(15)19-13/h2-3,11-12,16,18H,4-10H2,1H3. The molecule has 1 aromatic rings. The topological polar surface area (TPSA) is 48.6 Å². The number of halogens is 1. The summed E-state index contributed by atoms with van der Waals surface area (Å²) in [4.78, 5) is 2.34. The van der Waals surface area contributed by atoms with Crippen LogP contribution in [0.2, 0.25) is 5.22 Å². The molecule has 0 saturated carbocycles. The van der Waals surface area contributed by atoms with E-state index in [9.17, 15) is 5.11 Å². The first-order valence-electron chi connectivity index (χ1n) is 6.99. The molecule has 0 spiro atoms. The minimum Gasteiger partial charge on any atom is -0.448 e. The minimum atomic E-state index is -0.224. The van der Waals surface area contributed by atoms with Gasteiger partial charge in [0, 0.05) is 6.54 Å². The number of aliphatic hydroxyl groups is 1. The number of piperidine rings is 1. The van der Waals surface area contributed by atoms with Crippen molar-refractivity contribution in [3.8, 4) is 0 Å². The molecule has 0 aliphatic carbocycles. The molecule has 2 rings (SSSR count). The zero-order chi connectivity index (χ0) is 13.7. The van der Waals surface area contributed by atoms with Crippen LogP contribution in [0.3, 0.4) is 0 Å². The number of likely N-dealkylation sites (tertiary alicyclic amines) is 1. The lowest BCUT2D eigenvalue weighted by Crippen LogP contribution is -2.40. The van der Waals surface area contributed by atoms with Crippen LogP contribution in [-0.4, -0.2) is 42.3 Å². The molecule has 4 nitrogen and oxygen atoms in total. The number of nitrogens with zero attached hydrogens (tertiary/aromatic N) is 1. The highest BCUT2D eigenvalue weighted by molar-refractivity contribution is 6.28. The van der Waals surface area contributed by atoms with E-state index in [1.165, 1.54) is 12.8 Å². The van der Waals surface area contributed by atoms with Gasteiger partial charge in [0.2, 0.25) is 0 Å². The quantitative estimate of drug-likeness (QED) is 0.841. The smallest absolute Gasteiger partial charge is 0.193 e. The third-order valence-electron chi connectivity index (χ3n) is 3.59. The van der Waals surface area contributed by atoms with Crippen molar-refractivity contribution < 1.29 is 9.52 Å². The Balaban J connectivity index is 1.60. The number of nitrogens with one attached hydrogen (secondary N) is 1. The number of rotatable bonds is 6. The molecule has 2 N–H and O–H groups in total. The summed E-state index contributed by atoms with van der Waals surface area (Å²) < 4.78 is 5.30. The Kier molecular flexibility index (Phi) is 5.70. The highest BCUT2D eigenvalue weighted by Crippen LogP contribution is 2.17. The maximum atomic E-state index is 9.36. The summed E-state index contributed by atoms with van der Waals surface area (Å²) in [5.41, 5.74) is 0. The monoisotopic (exact) mass is 286 g/mol. The normalized spacial score (nSPS) is 19.7. The molecular weight excluding hydrogens is 264 g/mol. The van der Waals surface area contributed by atoms with Gasteiger partial charge in [0.15, 0.2) is 5.22 Å². The lowest BCUT2D eigenvalue weighted by atomic mass is 9.96. The number of hydrogen-bond donors (Lipinski definition) is 2. The summed E-state index contributed by atoms with van der Waals surface area (Å²) in [6, 6.07) is 3.67. The molecule has 1 aliphatic rings. The molecule has 0 radical (unpaired) electrons. The van der Waals surface area contributed by atoms with Crippen molar-refractivity contribution in [1.82, 2.24) is 10.2 Å². The lowest BCUT2D eigenvalue weighted by Gasteiger charge is -2.32. The lowest BCUT2D eigenvalue weighted by molar-refractivity contribution is 0.0997. The summed E-state index contributed by atoms with van der Waals surface area (Å²) in [5, 5.41) is 13.2. The number of β-amino-alcohol motifs (C(OH)–C–C–N with tert-alkyl or cyclic N) is 1. The molecule has 19 heavy (non-hydrogen) atoms. The summed E-state index contributed by atoms with van der Waals surface area (Å²) in [7, 11) is 0. The summed E-state index contributed by atoms with van der Waals surface area (Å²) in [6.07, 6.45) is 2.16. The van der Waals surface area contributed by atoms with Crippen LogP contribution in [0.4, 0.5) is 0 Å². The Morgan fingerprint density at radius 3 is 2.79 bits per heavy atom. The van der Waals surface area contributed by atoms with Crippen LogP contribution >= 0.6 is 11.6 Å². The van der Waals surface area contributed by atoms with Crippen LogP contribution in [0, 0.1) is 5.92 Å². The number of furan rings is 1. The maximum absolute atomic E-state index is 9.36. The van der Waals surface area contributed by atoms with Crippen LogP contribution in [-0.2, 0) is 6.54 Å². The second-order valence-corrected chi connectivity index (χ2v) is 5.80. The Morgan fingerprint density at radius 2 is 2.21 bits per heavy atom. The van der Waals surface area contributed by atoms with Crippen LogP contribution < -0.4 is 5.32 Å². The van der Waals surface area contributed by atoms with Gasteiger partial charge in [-0.1, -0.05) is 0 Å². The molecule has 0 aromatic carbocycles. The molecule has 1 atom stereocenters. The Morgan fingerprint density at radius 1 is 1.47 bits per heavy atom. The maximum Gasteiger partial charge on any atom is 0.193 e. The average Bonchev–Trinajstić information content (AvgIpc) is 2.77. The Bertz CT molecular complexity index is 373. The average molecular weight is 287 g/mol. The second-order valence-electron chi connectivity index (χ2n) is 5.43. The van der Waals surface area contributed by atoms with E-state index in [-0.39, 0.29) is 6.10 Å². The van der Waals surface area contributed by atoms with Crippen molar-refractivity contribution >= 4 is 11.6 Å². The van der Waals surface area contributed by atoms with Crippen molar-refractivity contribution in [2.24, 2.45) is 5.92 Å². The first-order valence-corrected chi connectivity index (χ1v) is 7.36. The molecule has 1 aromatic heterocycles. The van der Waals surface area contributed by atoms with Crippen LogP contribution in [0.5, 0.6) is 0 Å². The largest absolute Gasteiger partial charge is 0.448 e. The first kappa shape index (κ1) is 14.9. The van der Waals surface area contributed by atoms with Crippen LogP contribution in [0.15, 0.2) is 16.5 Å². The predicted octanol–water partition coefficient (Wildman–Crippen LogP) is 2.12. The zero-order valence-electron chi connectivity index (χ0n) is 11.4. The van der Waals surface area contributed by atoms with Gasteiger partial charge in [-0.25, -0.2) is 0 Å². The Labute approximate surface area is 119 Å². The minimum absolute atomic E-state index is 0.224. The fraction of sp³-hybridized carbons (Fsp3) is 0.714. The zero-order valence-corrected chi connectivity index (χ0v) is 12.2. The van der Waals surface area contributed by atoms with E-state index in [1.807, 2.05) is 13.0 Å². The van der Waals surface area contributed by atoms with Crippen molar-refractivity contribution in [3.05, 3.63) is 23.1 Å². The van der Waals surface area contributed by atoms with Gasteiger partial charge in [-0.15, -0.1) is 0 Å². The molecule has 108 valence electrons. The SMILES string of the molecule is CC(O)CN1CCC(CNCc2ccc(Cl)o2)CC1. The summed E-state index contributed by atoms with van der Waals surface area (Å²) in [6.45, 7) is 6.57. The van der Waals surface area contributed by atoms with Gasteiger partial charge >= 0.3 is 0 Å². The molecule has 5 heteroatoms. The third kappa shape index (κ3) is 5.15. The van der Waals surface area contributed by atoms with Gasteiger partial charge in [0.1, 0.15) is 5.76 Å². The fourth-order valence-electron chi connectivity index (χ4n) is 2.59. The van der Waals surface area contributed by atoms with Gasteiger partial charge < -0.3 is 19.7 Å². The summed E-state index contributed by atoms with van der Waals surface area (Å²) in [5.74, 6) is 1.60. The molecule has 1 unspecified atom stereocenters. The van der Waals surface area contributed by atoms with Crippen molar-refractivity contribution in [3.63, 3.8) is 0 Å². The van der Waals surface area contributed by atoms with E-state index in [0.717, 1.165) is 44.4 Å². The van der Waals surface area contributed by atoms with Gasteiger partial charge in [-0.2, -0.15) is 0 Å². The molecule has 1 aliphatic heterocycles. The first-order chi connectivity index (χ1) is 9.13. The molecule has 1 fully saturated rings. The summed E-state index contributed by atoms with van der Waals surface area (Å²) >= 11 is 5.73. The van der Waals surface area contributed by atoms with Crippen molar-refractivity contribution in [2.45, 2.75) is 32.4 Å². The molecule has 0 bridgehead atoms. The van der Waals surface area contributed by atoms with Crippen LogP contribution in [0.25, 0.3) is 0 Å². The van der Waals surface area contributed by atoms with Gasteiger partial charge in [-0.05, 0) is 69.1 Å². The fourth-order valence-corrected chi connectivity index (χ4v) is 2.76. The number of aliphatic hydroxyl groups excluding tert-OH is 1. The van der Waals surface area contributed by atoms with Gasteiger partial charge in [-0.3, -0.25) is 0 Å². The molecule has 1 saturated heterocycles. The third-order valence-corrected chi connectivity index (χ3v) is 3.79. The highest BCUT2D eigenvalue weighted by Gasteiger charge is 2.19. The van der Waals surface area contributed by atoms with Gasteiger partial charge in [0.25, 0.3) is 0 Å². The molecule has 0 amide bonds.